The first-order chi connectivity index (χ1) is 10.7. The van der Waals surface area contributed by atoms with Gasteiger partial charge >= 0.3 is 0 Å². The van der Waals surface area contributed by atoms with Crippen LogP contribution < -0.4 is 4.74 Å². The molecule has 0 aromatic carbocycles. The fourth-order valence-electron chi connectivity index (χ4n) is 2.79. The molecule has 2 aliphatic heterocycles. The van der Waals surface area contributed by atoms with Crippen LogP contribution in [0.4, 0.5) is 0 Å². The Labute approximate surface area is 136 Å². The number of hydrogen-bond donors (Lipinski definition) is 0. The topological polar surface area (TPSA) is 45.7 Å². The van der Waals surface area contributed by atoms with E-state index in [1.807, 2.05) is 28.8 Å². The fraction of sp³-hybridized carbons (Fsp3) is 0.625. The first-order valence-corrected chi connectivity index (χ1v) is 9.06. The van der Waals surface area contributed by atoms with Gasteiger partial charge in [0.2, 0.25) is 5.88 Å². The van der Waals surface area contributed by atoms with Gasteiger partial charge in [0.1, 0.15) is 6.10 Å². The van der Waals surface area contributed by atoms with Crippen molar-refractivity contribution >= 4 is 17.7 Å². The highest BCUT2D eigenvalue weighted by atomic mass is 32.2. The first kappa shape index (κ1) is 15.6. The zero-order valence-corrected chi connectivity index (χ0v) is 13.8. The number of carbonyl (C=O) groups excluding carboxylic acids is 1. The molecule has 1 aromatic heterocycles. The Hall–Kier alpha value is -1.27. The van der Waals surface area contributed by atoms with Crippen LogP contribution in [0.3, 0.4) is 0 Å². The standard InChI is InChI=1S/C16H23N3O2S/c1-18-6-2-7-19(9-8-18)16(20)13-3-4-15(17-11-13)21-14-5-10-22-12-14/h3-4,11,14H,2,5-10,12H2,1H3. The quantitative estimate of drug-likeness (QED) is 0.849. The Kier molecular flexibility index (Phi) is 5.20. The van der Waals surface area contributed by atoms with E-state index in [1.54, 1.807) is 6.20 Å². The SMILES string of the molecule is CN1CCCN(C(=O)c2ccc(OC3CCSC3)nc2)CC1. The molecule has 0 spiro atoms. The molecule has 22 heavy (non-hydrogen) atoms. The largest absolute Gasteiger partial charge is 0.473 e. The summed E-state index contributed by atoms with van der Waals surface area (Å²) in [6.45, 7) is 3.58. The van der Waals surface area contributed by atoms with Crippen molar-refractivity contribution in [2.75, 3.05) is 44.7 Å². The summed E-state index contributed by atoms with van der Waals surface area (Å²) in [5.74, 6) is 2.89. The maximum absolute atomic E-state index is 12.5. The van der Waals surface area contributed by atoms with Gasteiger partial charge in [-0.15, -0.1) is 0 Å². The Morgan fingerprint density at radius 2 is 2.23 bits per heavy atom. The predicted octanol–water partition coefficient (Wildman–Crippen LogP) is 1.74. The van der Waals surface area contributed by atoms with Crippen molar-refractivity contribution in [1.29, 1.82) is 0 Å². The summed E-state index contributed by atoms with van der Waals surface area (Å²) in [6, 6.07) is 3.65. The Morgan fingerprint density at radius 1 is 1.32 bits per heavy atom. The lowest BCUT2D eigenvalue weighted by molar-refractivity contribution is 0.0762. The molecule has 0 bridgehead atoms. The zero-order valence-electron chi connectivity index (χ0n) is 13.0. The third-order valence-electron chi connectivity index (χ3n) is 4.17. The zero-order chi connectivity index (χ0) is 15.4. The van der Waals surface area contributed by atoms with E-state index in [-0.39, 0.29) is 12.0 Å². The Balaban J connectivity index is 1.60. The molecule has 2 saturated heterocycles. The number of carbonyl (C=O) groups is 1. The number of pyridine rings is 1. The van der Waals surface area contributed by atoms with Crippen molar-refractivity contribution in [3.63, 3.8) is 0 Å². The van der Waals surface area contributed by atoms with Gasteiger partial charge < -0.3 is 14.5 Å². The molecule has 0 aliphatic carbocycles. The summed E-state index contributed by atoms with van der Waals surface area (Å²) in [5.41, 5.74) is 0.651. The summed E-state index contributed by atoms with van der Waals surface area (Å²) in [6.07, 6.45) is 4.01. The van der Waals surface area contributed by atoms with Gasteiger partial charge in [0.25, 0.3) is 5.91 Å². The van der Waals surface area contributed by atoms with E-state index in [0.29, 0.717) is 11.4 Å². The van der Waals surface area contributed by atoms with Crippen molar-refractivity contribution in [3.8, 4) is 5.88 Å². The van der Waals surface area contributed by atoms with Crippen LogP contribution in [-0.2, 0) is 0 Å². The average Bonchev–Trinajstić information content (AvgIpc) is 2.94. The van der Waals surface area contributed by atoms with Crippen LogP contribution >= 0.6 is 11.8 Å². The van der Waals surface area contributed by atoms with Crippen LogP contribution in [0.2, 0.25) is 0 Å². The van der Waals surface area contributed by atoms with Crippen molar-refractivity contribution in [2.24, 2.45) is 0 Å². The highest BCUT2D eigenvalue weighted by Crippen LogP contribution is 2.22. The van der Waals surface area contributed by atoms with E-state index in [1.165, 1.54) is 0 Å². The van der Waals surface area contributed by atoms with Crippen LogP contribution in [0.1, 0.15) is 23.2 Å². The number of rotatable bonds is 3. The second-order valence-corrected chi connectivity index (χ2v) is 7.09. The summed E-state index contributed by atoms with van der Waals surface area (Å²) < 4.78 is 5.83. The molecule has 0 radical (unpaired) electrons. The predicted molar refractivity (Wildman–Crippen MR) is 88.6 cm³/mol. The van der Waals surface area contributed by atoms with Crippen molar-refractivity contribution in [3.05, 3.63) is 23.9 Å². The number of aromatic nitrogens is 1. The number of hydrogen-bond acceptors (Lipinski definition) is 5. The molecule has 2 aliphatic rings. The van der Waals surface area contributed by atoms with E-state index in [4.69, 9.17) is 4.74 Å². The number of amides is 1. The smallest absolute Gasteiger partial charge is 0.255 e. The van der Waals surface area contributed by atoms with Crippen LogP contribution in [0.25, 0.3) is 0 Å². The molecule has 3 rings (SSSR count). The molecule has 0 saturated carbocycles. The minimum Gasteiger partial charge on any atom is -0.473 e. The molecule has 2 fully saturated rings. The van der Waals surface area contributed by atoms with Gasteiger partial charge in [-0.25, -0.2) is 4.98 Å². The van der Waals surface area contributed by atoms with Crippen LogP contribution in [-0.4, -0.2) is 71.5 Å². The van der Waals surface area contributed by atoms with Crippen LogP contribution in [0.15, 0.2) is 18.3 Å². The molecule has 0 N–H and O–H groups in total. The Bertz CT molecular complexity index is 503. The molecule has 1 amide bonds. The third kappa shape index (κ3) is 3.93. The van der Waals surface area contributed by atoms with E-state index < -0.39 is 0 Å². The van der Waals surface area contributed by atoms with Crippen molar-refractivity contribution < 1.29 is 9.53 Å². The molecule has 6 heteroatoms. The lowest BCUT2D eigenvalue weighted by Gasteiger charge is -2.20. The van der Waals surface area contributed by atoms with Crippen LogP contribution in [0, 0.1) is 0 Å². The summed E-state index contributed by atoms with van der Waals surface area (Å²) in [7, 11) is 2.10. The Morgan fingerprint density at radius 3 is 2.95 bits per heavy atom. The maximum Gasteiger partial charge on any atom is 0.255 e. The molecule has 1 aromatic rings. The first-order valence-electron chi connectivity index (χ1n) is 7.90. The molecule has 5 nitrogen and oxygen atoms in total. The molecule has 1 unspecified atom stereocenters. The second-order valence-electron chi connectivity index (χ2n) is 5.94. The highest BCUT2D eigenvalue weighted by Gasteiger charge is 2.20. The van der Waals surface area contributed by atoms with Gasteiger partial charge in [-0.05, 0) is 38.3 Å². The minimum atomic E-state index is 0.0748. The second kappa shape index (κ2) is 7.33. The van der Waals surface area contributed by atoms with E-state index in [0.717, 1.165) is 50.5 Å². The van der Waals surface area contributed by atoms with Crippen molar-refractivity contribution in [2.45, 2.75) is 18.9 Å². The molecular formula is C16H23N3O2S. The van der Waals surface area contributed by atoms with E-state index >= 15 is 0 Å². The van der Waals surface area contributed by atoms with Gasteiger partial charge in [-0.3, -0.25) is 4.79 Å². The van der Waals surface area contributed by atoms with E-state index in [9.17, 15) is 4.79 Å². The van der Waals surface area contributed by atoms with Gasteiger partial charge in [-0.2, -0.15) is 11.8 Å². The van der Waals surface area contributed by atoms with Crippen LogP contribution in [0.5, 0.6) is 5.88 Å². The summed E-state index contributed by atoms with van der Waals surface area (Å²) >= 11 is 1.91. The normalized spacial score (nSPS) is 23.3. The summed E-state index contributed by atoms with van der Waals surface area (Å²) in [4.78, 5) is 21.0. The van der Waals surface area contributed by atoms with Gasteiger partial charge in [-0.1, -0.05) is 0 Å². The average molecular weight is 321 g/mol. The van der Waals surface area contributed by atoms with Gasteiger partial charge in [0.05, 0.1) is 5.56 Å². The highest BCUT2D eigenvalue weighted by molar-refractivity contribution is 7.99. The third-order valence-corrected chi connectivity index (χ3v) is 5.30. The van der Waals surface area contributed by atoms with E-state index in [2.05, 4.69) is 16.9 Å². The number of nitrogens with zero attached hydrogens (tertiary/aromatic N) is 3. The molecule has 1 atom stereocenters. The lowest BCUT2D eigenvalue weighted by Crippen LogP contribution is -2.34. The summed E-state index contributed by atoms with van der Waals surface area (Å²) in [5, 5.41) is 0. The van der Waals surface area contributed by atoms with Gasteiger partial charge in [0.15, 0.2) is 0 Å². The van der Waals surface area contributed by atoms with Crippen molar-refractivity contribution in [1.82, 2.24) is 14.8 Å². The number of thioether (sulfide) groups is 1. The fourth-order valence-corrected chi connectivity index (χ4v) is 3.88. The lowest BCUT2D eigenvalue weighted by atomic mass is 10.2. The monoisotopic (exact) mass is 321 g/mol. The number of likely N-dealkylation sites (N-methyl/N-ethyl adjacent to an activating group) is 1. The minimum absolute atomic E-state index is 0.0748. The molecule has 120 valence electrons. The molecular weight excluding hydrogens is 298 g/mol. The van der Waals surface area contributed by atoms with Gasteiger partial charge in [0, 0.05) is 37.7 Å². The maximum atomic E-state index is 12.5. The number of ether oxygens (including phenoxy) is 1. The molecule has 3 heterocycles.